The molecule has 0 aromatic carbocycles. The van der Waals surface area contributed by atoms with E-state index in [4.69, 9.17) is 0 Å². The second-order valence-electron chi connectivity index (χ2n) is 4.99. The second-order valence-corrected chi connectivity index (χ2v) is 4.99. The van der Waals surface area contributed by atoms with Gasteiger partial charge in [0.25, 0.3) is 0 Å². The molecule has 1 amide bonds. The van der Waals surface area contributed by atoms with Crippen LogP contribution in [0.4, 0.5) is 0 Å². The Morgan fingerprint density at radius 1 is 1.19 bits per heavy atom. The van der Waals surface area contributed by atoms with Crippen molar-refractivity contribution in [1.82, 2.24) is 9.80 Å². The van der Waals surface area contributed by atoms with Crippen LogP contribution in [0.2, 0.25) is 0 Å². The third kappa shape index (κ3) is 4.97. The summed E-state index contributed by atoms with van der Waals surface area (Å²) >= 11 is 0. The highest BCUT2D eigenvalue weighted by atomic mass is 16.2. The SMILES string of the molecule is CCCN(CCC)CC(=O)N(C)CC1CC1. The van der Waals surface area contributed by atoms with E-state index in [0.29, 0.717) is 6.54 Å². The van der Waals surface area contributed by atoms with Gasteiger partial charge in [-0.25, -0.2) is 0 Å². The van der Waals surface area contributed by atoms with Crippen molar-refractivity contribution in [3.05, 3.63) is 0 Å². The van der Waals surface area contributed by atoms with Crippen LogP contribution in [0.3, 0.4) is 0 Å². The Balaban J connectivity index is 2.27. The van der Waals surface area contributed by atoms with E-state index < -0.39 is 0 Å². The van der Waals surface area contributed by atoms with Gasteiger partial charge >= 0.3 is 0 Å². The van der Waals surface area contributed by atoms with E-state index in [1.807, 2.05) is 11.9 Å². The van der Waals surface area contributed by atoms with Crippen LogP contribution in [0.15, 0.2) is 0 Å². The van der Waals surface area contributed by atoms with Crippen LogP contribution < -0.4 is 0 Å². The molecule has 1 aliphatic rings. The van der Waals surface area contributed by atoms with Crippen molar-refractivity contribution in [2.45, 2.75) is 39.5 Å². The molecule has 0 saturated heterocycles. The minimum absolute atomic E-state index is 0.286. The van der Waals surface area contributed by atoms with Gasteiger partial charge < -0.3 is 4.90 Å². The first-order chi connectivity index (χ1) is 7.67. The van der Waals surface area contributed by atoms with E-state index in [0.717, 1.165) is 38.4 Å². The number of likely N-dealkylation sites (N-methyl/N-ethyl adjacent to an activating group) is 1. The maximum atomic E-state index is 12.0. The van der Waals surface area contributed by atoms with Gasteiger partial charge in [0.15, 0.2) is 0 Å². The van der Waals surface area contributed by atoms with Crippen LogP contribution in [0.1, 0.15) is 39.5 Å². The average molecular weight is 226 g/mol. The predicted molar refractivity (Wildman–Crippen MR) is 67.4 cm³/mol. The molecule has 0 unspecified atom stereocenters. The van der Waals surface area contributed by atoms with Crippen molar-refractivity contribution in [1.29, 1.82) is 0 Å². The van der Waals surface area contributed by atoms with Gasteiger partial charge in [0, 0.05) is 13.6 Å². The highest BCUT2D eigenvalue weighted by Crippen LogP contribution is 2.29. The van der Waals surface area contributed by atoms with Crippen LogP contribution in [-0.4, -0.2) is 48.9 Å². The molecule has 0 aromatic heterocycles. The minimum Gasteiger partial charge on any atom is -0.344 e. The average Bonchev–Trinajstić information content (AvgIpc) is 3.02. The molecular weight excluding hydrogens is 200 g/mol. The van der Waals surface area contributed by atoms with Gasteiger partial charge in [0.05, 0.1) is 6.54 Å². The summed E-state index contributed by atoms with van der Waals surface area (Å²) in [5.41, 5.74) is 0. The first kappa shape index (κ1) is 13.5. The fourth-order valence-electron chi connectivity index (χ4n) is 2.00. The van der Waals surface area contributed by atoms with Crippen molar-refractivity contribution < 1.29 is 4.79 Å². The maximum Gasteiger partial charge on any atom is 0.236 e. The third-order valence-corrected chi connectivity index (χ3v) is 3.09. The molecule has 0 aliphatic heterocycles. The highest BCUT2D eigenvalue weighted by molar-refractivity contribution is 5.78. The van der Waals surface area contributed by atoms with E-state index in [2.05, 4.69) is 18.7 Å². The summed E-state index contributed by atoms with van der Waals surface area (Å²) in [6.07, 6.45) is 4.87. The van der Waals surface area contributed by atoms with Crippen LogP contribution in [0.25, 0.3) is 0 Å². The summed E-state index contributed by atoms with van der Waals surface area (Å²) in [6.45, 7) is 7.98. The van der Waals surface area contributed by atoms with Crippen LogP contribution in [0.5, 0.6) is 0 Å². The van der Waals surface area contributed by atoms with E-state index in [9.17, 15) is 4.79 Å². The topological polar surface area (TPSA) is 23.6 Å². The largest absolute Gasteiger partial charge is 0.344 e. The maximum absolute atomic E-state index is 12.0. The summed E-state index contributed by atoms with van der Waals surface area (Å²) in [6, 6.07) is 0. The molecule has 0 heterocycles. The van der Waals surface area contributed by atoms with Gasteiger partial charge in [-0.05, 0) is 44.7 Å². The summed E-state index contributed by atoms with van der Waals surface area (Å²) in [5.74, 6) is 1.08. The zero-order chi connectivity index (χ0) is 12.0. The van der Waals surface area contributed by atoms with E-state index in [1.165, 1.54) is 12.8 Å². The molecule has 0 atom stereocenters. The minimum atomic E-state index is 0.286. The smallest absolute Gasteiger partial charge is 0.236 e. The number of nitrogens with zero attached hydrogens (tertiary/aromatic N) is 2. The lowest BCUT2D eigenvalue weighted by atomic mass is 10.3. The van der Waals surface area contributed by atoms with Crippen LogP contribution in [0, 0.1) is 5.92 Å². The molecule has 1 aliphatic carbocycles. The molecular formula is C13H26N2O. The van der Waals surface area contributed by atoms with Gasteiger partial charge in [-0.15, -0.1) is 0 Å². The van der Waals surface area contributed by atoms with Crippen LogP contribution in [-0.2, 0) is 4.79 Å². The quantitative estimate of drug-likeness (QED) is 0.632. The summed E-state index contributed by atoms with van der Waals surface area (Å²) in [5, 5.41) is 0. The highest BCUT2D eigenvalue weighted by Gasteiger charge is 2.25. The van der Waals surface area contributed by atoms with Gasteiger partial charge in [-0.1, -0.05) is 13.8 Å². The molecule has 1 fully saturated rings. The second kappa shape index (κ2) is 6.89. The number of carbonyl (C=O) groups excluding carboxylic acids is 1. The fourth-order valence-corrected chi connectivity index (χ4v) is 2.00. The number of amides is 1. The van der Waals surface area contributed by atoms with Gasteiger partial charge in [-0.2, -0.15) is 0 Å². The third-order valence-electron chi connectivity index (χ3n) is 3.09. The first-order valence-corrected chi connectivity index (χ1v) is 6.63. The van der Waals surface area contributed by atoms with Gasteiger partial charge in [0.1, 0.15) is 0 Å². The van der Waals surface area contributed by atoms with Crippen molar-refractivity contribution in [3.8, 4) is 0 Å². The Kier molecular flexibility index (Phi) is 5.81. The Hall–Kier alpha value is -0.570. The normalized spacial score (nSPS) is 15.5. The van der Waals surface area contributed by atoms with E-state index in [-0.39, 0.29) is 5.91 Å². The fraction of sp³-hybridized carbons (Fsp3) is 0.923. The Bertz CT molecular complexity index is 208. The molecule has 16 heavy (non-hydrogen) atoms. The monoisotopic (exact) mass is 226 g/mol. The van der Waals surface area contributed by atoms with Crippen molar-refractivity contribution in [2.24, 2.45) is 5.92 Å². The lowest BCUT2D eigenvalue weighted by molar-refractivity contribution is -0.131. The lowest BCUT2D eigenvalue weighted by Gasteiger charge is -2.24. The standard InChI is InChI=1S/C13H26N2O/c1-4-8-15(9-5-2)11-13(16)14(3)10-12-6-7-12/h12H,4-11H2,1-3H3. The zero-order valence-electron chi connectivity index (χ0n) is 11.0. The Labute approximate surface area is 99.8 Å². The molecule has 94 valence electrons. The number of rotatable bonds is 8. The van der Waals surface area contributed by atoms with Crippen molar-refractivity contribution in [2.75, 3.05) is 33.2 Å². The molecule has 3 nitrogen and oxygen atoms in total. The molecule has 0 N–H and O–H groups in total. The number of hydrogen-bond acceptors (Lipinski definition) is 2. The Morgan fingerprint density at radius 3 is 2.19 bits per heavy atom. The molecule has 1 saturated carbocycles. The molecule has 0 spiro atoms. The van der Waals surface area contributed by atoms with Crippen molar-refractivity contribution in [3.63, 3.8) is 0 Å². The van der Waals surface area contributed by atoms with E-state index >= 15 is 0 Å². The number of carbonyl (C=O) groups is 1. The van der Waals surface area contributed by atoms with E-state index in [1.54, 1.807) is 0 Å². The molecule has 3 heteroatoms. The van der Waals surface area contributed by atoms with Crippen molar-refractivity contribution >= 4 is 5.91 Å². The molecule has 0 aromatic rings. The number of hydrogen-bond donors (Lipinski definition) is 0. The lowest BCUT2D eigenvalue weighted by Crippen LogP contribution is -2.39. The van der Waals surface area contributed by atoms with Gasteiger partial charge in [0.2, 0.25) is 5.91 Å². The molecule has 0 radical (unpaired) electrons. The molecule has 0 bridgehead atoms. The predicted octanol–water partition coefficient (Wildman–Crippen LogP) is 1.98. The van der Waals surface area contributed by atoms with Gasteiger partial charge in [-0.3, -0.25) is 9.69 Å². The van der Waals surface area contributed by atoms with Crippen LogP contribution >= 0.6 is 0 Å². The Morgan fingerprint density at radius 2 is 1.75 bits per heavy atom. The summed E-state index contributed by atoms with van der Waals surface area (Å²) < 4.78 is 0. The summed E-state index contributed by atoms with van der Waals surface area (Å²) in [4.78, 5) is 16.1. The summed E-state index contributed by atoms with van der Waals surface area (Å²) in [7, 11) is 1.94. The zero-order valence-corrected chi connectivity index (χ0v) is 11.0. The molecule has 1 rings (SSSR count). The first-order valence-electron chi connectivity index (χ1n) is 6.63.